The van der Waals surface area contributed by atoms with Gasteiger partial charge in [-0.05, 0) is 11.6 Å². The Morgan fingerprint density at radius 2 is 2.17 bits per heavy atom. The number of aromatic amines is 1. The molecule has 0 amide bonds. The fourth-order valence-corrected chi connectivity index (χ4v) is 4.05. The van der Waals surface area contributed by atoms with Crippen LogP contribution in [0.25, 0.3) is 11.0 Å². The van der Waals surface area contributed by atoms with E-state index >= 15 is 0 Å². The van der Waals surface area contributed by atoms with Gasteiger partial charge in [0.05, 0.1) is 42.5 Å². The van der Waals surface area contributed by atoms with E-state index in [-0.39, 0.29) is 0 Å². The van der Waals surface area contributed by atoms with Gasteiger partial charge in [0, 0.05) is 32.8 Å². The molecule has 0 saturated carbocycles. The number of methoxy groups -OCH3 is 1. The van der Waals surface area contributed by atoms with Crippen LogP contribution in [0.5, 0.6) is 5.88 Å². The number of anilines is 3. The zero-order chi connectivity index (χ0) is 20.0. The van der Waals surface area contributed by atoms with Crippen molar-refractivity contribution in [1.29, 1.82) is 0 Å². The number of nitrogens with one attached hydrogen (secondary N) is 3. The van der Waals surface area contributed by atoms with Crippen molar-refractivity contribution in [3.05, 3.63) is 28.5 Å². The van der Waals surface area contributed by atoms with E-state index in [1.807, 2.05) is 0 Å². The zero-order valence-electron chi connectivity index (χ0n) is 16.3. The highest BCUT2D eigenvalue weighted by Gasteiger charge is 2.30. The molecule has 0 aliphatic carbocycles. The zero-order valence-corrected chi connectivity index (χ0v) is 17.0. The molecule has 3 aromatic heterocycles. The topological polar surface area (TPSA) is 100 Å². The molecule has 9 nitrogen and oxygen atoms in total. The number of hydrogen-bond donors (Lipinski definition) is 3. The van der Waals surface area contributed by atoms with E-state index in [9.17, 15) is 0 Å². The summed E-state index contributed by atoms with van der Waals surface area (Å²) in [4.78, 5) is 19.3. The lowest BCUT2D eigenvalue weighted by atomic mass is 10.0. The van der Waals surface area contributed by atoms with Crippen LogP contribution in [0.4, 0.5) is 17.5 Å². The fourth-order valence-electron chi connectivity index (χ4n) is 3.82. The Labute approximate surface area is 172 Å². The van der Waals surface area contributed by atoms with Crippen molar-refractivity contribution in [2.24, 2.45) is 0 Å². The first-order valence-electron chi connectivity index (χ1n) is 9.54. The van der Waals surface area contributed by atoms with Crippen molar-refractivity contribution in [2.75, 3.05) is 44.5 Å². The number of ether oxygens (including phenoxy) is 2. The van der Waals surface area contributed by atoms with Gasteiger partial charge in [-0.1, -0.05) is 11.6 Å². The lowest BCUT2D eigenvalue weighted by Crippen LogP contribution is -2.50. The molecule has 0 spiro atoms. The number of nitrogens with zero attached hydrogens (tertiary/aromatic N) is 4. The van der Waals surface area contributed by atoms with Gasteiger partial charge in [0.15, 0.2) is 0 Å². The number of halogens is 1. The lowest BCUT2D eigenvalue weighted by molar-refractivity contribution is -0.0696. The number of pyridine rings is 1. The minimum absolute atomic E-state index is 0.431. The van der Waals surface area contributed by atoms with Crippen LogP contribution in [0.2, 0.25) is 5.02 Å². The molecule has 10 heteroatoms. The summed E-state index contributed by atoms with van der Waals surface area (Å²) in [5.41, 5.74) is 3.64. The molecular formula is C19H22ClN7O2. The van der Waals surface area contributed by atoms with Crippen molar-refractivity contribution in [3.8, 4) is 5.88 Å². The van der Waals surface area contributed by atoms with Gasteiger partial charge in [0.2, 0.25) is 11.8 Å². The van der Waals surface area contributed by atoms with Gasteiger partial charge in [-0.25, -0.2) is 4.98 Å². The molecule has 3 N–H and O–H groups in total. The van der Waals surface area contributed by atoms with Gasteiger partial charge in [0.1, 0.15) is 17.2 Å². The normalized spacial score (nSPS) is 17.1. The maximum atomic E-state index is 6.24. The molecule has 0 aromatic carbocycles. The van der Waals surface area contributed by atoms with Gasteiger partial charge in [-0.15, -0.1) is 0 Å². The Balaban J connectivity index is 1.48. The number of H-pyrrole nitrogens is 1. The number of aromatic nitrogens is 4. The van der Waals surface area contributed by atoms with Crippen LogP contribution >= 0.6 is 11.6 Å². The molecule has 3 aromatic rings. The van der Waals surface area contributed by atoms with Crippen molar-refractivity contribution in [1.82, 2.24) is 24.8 Å². The lowest BCUT2D eigenvalue weighted by Gasteiger charge is -2.39. The molecule has 1 saturated heterocycles. The third-order valence-electron chi connectivity index (χ3n) is 5.46. The highest BCUT2D eigenvalue weighted by atomic mass is 35.5. The summed E-state index contributed by atoms with van der Waals surface area (Å²) in [5, 5.41) is 7.67. The maximum absolute atomic E-state index is 6.24. The Hall–Kier alpha value is -2.62. The molecule has 5 heterocycles. The molecule has 2 aliphatic rings. The van der Waals surface area contributed by atoms with Crippen LogP contribution in [0.1, 0.15) is 11.3 Å². The van der Waals surface area contributed by atoms with Crippen molar-refractivity contribution >= 4 is 40.1 Å². The summed E-state index contributed by atoms with van der Waals surface area (Å²) < 4.78 is 10.9. The molecule has 2 aliphatic heterocycles. The van der Waals surface area contributed by atoms with Crippen molar-refractivity contribution in [2.45, 2.75) is 19.0 Å². The summed E-state index contributed by atoms with van der Waals surface area (Å²) in [7, 11) is 3.42. The number of fused-ring (bicyclic) bond motifs is 2. The fraction of sp³-hybridized carbons (Fsp3) is 0.421. The van der Waals surface area contributed by atoms with Crippen LogP contribution in [-0.2, 0) is 17.7 Å². The predicted octanol–water partition coefficient (Wildman–Crippen LogP) is 2.56. The second-order valence-corrected chi connectivity index (χ2v) is 7.60. The van der Waals surface area contributed by atoms with E-state index in [0.29, 0.717) is 34.4 Å². The van der Waals surface area contributed by atoms with Crippen LogP contribution in [-0.4, -0.2) is 64.8 Å². The van der Waals surface area contributed by atoms with Gasteiger partial charge in [0.25, 0.3) is 0 Å². The summed E-state index contributed by atoms with van der Waals surface area (Å²) in [5.74, 6) is 1.61. The second kappa shape index (κ2) is 7.33. The van der Waals surface area contributed by atoms with Gasteiger partial charge >= 0.3 is 0 Å². The SMILES string of the molecule is CNc1nc(Nc2cc3c(nc2OC)CCN(C2COC2)C3)nc2[nH]cc(Cl)c12. The smallest absolute Gasteiger partial charge is 0.237 e. The minimum Gasteiger partial charge on any atom is -0.480 e. The Kier molecular flexibility index (Phi) is 4.65. The highest BCUT2D eigenvalue weighted by molar-refractivity contribution is 6.36. The highest BCUT2D eigenvalue weighted by Crippen LogP contribution is 2.33. The molecule has 0 unspecified atom stereocenters. The molecule has 0 bridgehead atoms. The van der Waals surface area contributed by atoms with Crippen LogP contribution < -0.4 is 15.4 Å². The third kappa shape index (κ3) is 3.25. The molecular weight excluding hydrogens is 394 g/mol. The first kappa shape index (κ1) is 18.4. The molecule has 0 atom stereocenters. The first-order chi connectivity index (χ1) is 14.2. The Morgan fingerprint density at radius 1 is 1.31 bits per heavy atom. The molecule has 0 radical (unpaired) electrons. The second-order valence-electron chi connectivity index (χ2n) is 7.19. The average Bonchev–Trinajstić information content (AvgIpc) is 3.06. The van der Waals surface area contributed by atoms with E-state index in [1.165, 1.54) is 5.56 Å². The van der Waals surface area contributed by atoms with E-state index in [2.05, 4.69) is 36.6 Å². The first-order valence-corrected chi connectivity index (χ1v) is 9.92. The summed E-state index contributed by atoms with van der Waals surface area (Å²) in [6.07, 6.45) is 2.60. The summed E-state index contributed by atoms with van der Waals surface area (Å²) in [6.45, 7) is 3.46. The largest absolute Gasteiger partial charge is 0.480 e. The quantitative estimate of drug-likeness (QED) is 0.584. The van der Waals surface area contributed by atoms with Crippen molar-refractivity contribution in [3.63, 3.8) is 0 Å². The standard InChI is InChI=1S/C19H22ClN7O2/c1-21-16-15-12(20)6-22-17(15)26-19(25-16)24-14-5-10-7-27(11-8-29-9-11)4-3-13(10)23-18(14)28-2/h5-6,11H,3-4,7-9H2,1-2H3,(H3,21,22,24,25,26). The predicted molar refractivity (Wildman–Crippen MR) is 111 cm³/mol. The Morgan fingerprint density at radius 3 is 2.90 bits per heavy atom. The molecule has 29 heavy (non-hydrogen) atoms. The van der Waals surface area contributed by atoms with E-state index < -0.39 is 0 Å². The van der Waals surface area contributed by atoms with Crippen LogP contribution in [0.3, 0.4) is 0 Å². The van der Waals surface area contributed by atoms with E-state index in [4.69, 9.17) is 26.1 Å². The summed E-state index contributed by atoms with van der Waals surface area (Å²) >= 11 is 6.24. The monoisotopic (exact) mass is 415 g/mol. The molecule has 152 valence electrons. The van der Waals surface area contributed by atoms with Crippen molar-refractivity contribution < 1.29 is 9.47 Å². The van der Waals surface area contributed by atoms with Gasteiger partial charge in [-0.2, -0.15) is 9.97 Å². The number of rotatable bonds is 5. The minimum atomic E-state index is 0.431. The van der Waals surface area contributed by atoms with E-state index in [1.54, 1.807) is 20.4 Å². The number of hydrogen-bond acceptors (Lipinski definition) is 8. The average molecular weight is 416 g/mol. The molecule has 1 fully saturated rings. The maximum Gasteiger partial charge on any atom is 0.237 e. The molecule has 5 rings (SSSR count). The van der Waals surface area contributed by atoms with Gasteiger partial charge < -0.3 is 25.1 Å². The van der Waals surface area contributed by atoms with Gasteiger partial charge in [-0.3, -0.25) is 4.90 Å². The Bertz CT molecular complexity index is 1070. The van der Waals surface area contributed by atoms with Crippen LogP contribution in [0.15, 0.2) is 12.3 Å². The summed E-state index contributed by atoms with van der Waals surface area (Å²) in [6, 6.07) is 2.59. The third-order valence-corrected chi connectivity index (χ3v) is 5.76. The van der Waals surface area contributed by atoms with Crippen LogP contribution in [0, 0.1) is 0 Å². The van der Waals surface area contributed by atoms with E-state index in [0.717, 1.165) is 49.5 Å².